The first-order valence-electron chi connectivity index (χ1n) is 15.8. The van der Waals surface area contributed by atoms with E-state index < -0.39 is 17.1 Å². The lowest BCUT2D eigenvalue weighted by atomic mass is 10.1. The SMILES string of the molecule is CC(=O)Nc1ccc(NC(=O)C(C)Sc2cccc(NC(=O)/C(=C/c3ccc(OCc4ccccc4)cc3)NC(=O)c3ccccc3)c2)cc1. The molecule has 10 heteroatoms. The molecule has 1 atom stereocenters. The third kappa shape index (κ3) is 10.7. The van der Waals surface area contributed by atoms with E-state index in [0.29, 0.717) is 40.5 Å². The zero-order valence-electron chi connectivity index (χ0n) is 27.5. The molecule has 5 rings (SSSR count). The van der Waals surface area contributed by atoms with Gasteiger partial charge in [0.1, 0.15) is 18.1 Å². The molecule has 9 nitrogen and oxygen atoms in total. The molecule has 0 aromatic heterocycles. The predicted octanol–water partition coefficient (Wildman–Crippen LogP) is 7.75. The molecule has 50 heavy (non-hydrogen) atoms. The van der Waals surface area contributed by atoms with Gasteiger partial charge in [0.05, 0.1) is 5.25 Å². The number of ether oxygens (including phenoxy) is 1. The zero-order chi connectivity index (χ0) is 35.3. The largest absolute Gasteiger partial charge is 0.489 e. The first-order chi connectivity index (χ1) is 24.2. The van der Waals surface area contributed by atoms with Crippen molar-refractivity contribution in [1.82, 2.24) is 5.32 Å². The van der Waals surface area contributed by atoms with Gasteiger partial charge in [0, 0.05) is 34.4 Å². The fourth-order valence-corrected chi connectivity index (χ4v) is 5.62. The highest BCUT2D eigenvalue weighted by molar-refractivity contribution is 8.00. The van der Waals surface area contributed by atoms with Crippen molar-refractivity contribution < 1.29 is 23.9 Å². The summed E-state index contributed by atoms with van der Waals surface area (Å²) in [5, 5.41) is 10.7. The van der Waals surface area contributed by atoms with Gasteiger partial charge in [-0.3, -0.25) is 19.2 Å². The second-order valence-electron chi connectivity index (χ2n) is 11.2. The van der Waals surface area contributed by atoms with E-state index in [1.54, 1.807) is 79.7 Å². The normalized spacial score (nSPS) is 11.5. The molecule has 0 saturated carbocycles. The second kappa shape index (κ2) is 17.3. The summed E-state index contributed by atoms with van der Waals surface area (Å²) in [4.78, 5) is 51.7. The van der Waals surface area contributed by atoms with Crippen molar-refractivity contribution in [2.75, 3.05) is 16.0 Å². The average Bonchev–Trinajstić information content (AvgIpc) is 3.12. The van der Waals surface area contributed by atoms with Crippen LogP contribution in [-0.4, -0.2) is 28.9 Å². The maximum atomic E-state index is 13.6. The number of carbonyl (C=O) groups excluding carboxylic acids is 4. The van der Waals surface area contributed by atoms with Gasteiger partial charge in [0.25, 0.3) is 11.8 Å². The smallest absolute Gasteiger partial charge is 0.272 e. The molecule has 0 aliphatic carbocycles. The number of hydrogen-bond donors (Lipinski definition) is 4. The van der Waals surface area contributed by atoms with Crippen molar-refractivity contribution in [1.29, 1.82) is 0 Å². The van der Waals surface area contributed by atoms with Crippen LogP contribution in [0.15, 0.2) is 144 Å². The Hall–Kier alpha value is -6.13. The second-order valence-corrected chi connectivity index (χ2v) is 12.6. The van der Waals surface area contributed by atoms with Crippen LogP contribution in [0.25, 0.3) is 6.08 Å². The van der Waals surface area contributed by atoms with Gasteiger partial charge >= 0.3 is 0 Å². The highest BCUT2D eigenvalue weighted by Crippen LogP contribution is 2.27. The van der Waals surface area contributed by atoms with Crippen LogP contribution in [0.3, 0.4) is 0 Å². The topological polar surface area (TPSA) is 126 Å². The first kappa shape index (κ1) is 35.2. The molecule has 4 N–H and O–H groups in total. The van der Waals surface area contributed by atoms with E-state index in [1.807, 2.05) is 66.7 Å². The van der Waals surface area contributed by atoms with Gasteiger partial charge in [-0.15, -0.1) is 11.8 Å². The summed E-state index contributed by atoms with van der Waals surface area (Å²) < 4.78 is 5.89. The lowest BCUT2D eigenvalue weighted by molar-refractivity contribution is -0.115. The zero-order valence-corrected chi connectivity index (χ0v) is 28.3. The monoisotopic (exact) mass is 684 g/mol. The van der Waals surface area contributed by atoms with Crippen LogP contribution in [-0.2, 0) is 21.0 Å². The molecule has 0 spiro atoms. The summed E-state index contributed by atoms with van der Waals surface area (Å²) in [5.74, 6) is -0.660. The minimum atomic E-state index is -0.519. The van der Waals surface area contributed by atoms with Gasteiger partial charge in [-0.25, -0.2) is 0 Å². The van der Waals surface area contributed by atoms with E-state index in [2.05, 4.69) is 21.3 Å². The Morgan fingerprint density at radius 1 is 0.700 bits per heavy atom. The summed E-state index contributed by atoms with van der Waals surface area (Å²) in [6.45, 7) is 3.64. The molecule has 5 aromatic rings. The molecule has 4 amide bonds. The van der Waals surface area contributed by atoms with Crippen molar-refractivity contribution in [2.24, 2.45) is 0 Å². The molecule has 5 aromatic carbocycles. The van der Waals surface area contributed by atoms with Gasteiger partial charge < -0.3 is 26.0 Å². The van der Waals surface area contributed by atoms with Crippen LogP contribution >= 0.6 is 11.8 Å². The van der Waals surface area contributed by atoms with E-state index >= 15 is 0 Å². The maximum absolute atomic E-state index is 13.6. The summed E-state index contributed by atoms with van der Waals surface area (Å²) >= 11 is 1.33. The quantitative estimate of drug-likeness (QED) is 0.0743. The number of amides is 4. The Morgan fingerprint density at radius 2 is 1.34 bits per heavy atom. The first-order valence-corrected chi connectivity index (χ1v) is 16.7. The van der Waals surface area contributed by atoms with Crippen LogP contribution in [0, 0.1) is 0 Å². The van der Waals surface area contributed by atoms with Gasteiger partial charge in [0.15, 0.2) is 0 Å². The molecule has 252 valence electrons. The lowest BCUT2D eigenvalue weighted by Crippen LogP contribution is -2.30. The number of anilines is 3. The molecular weight excluding hydrogens is 649 g/mol. The maximum Gasteiger partial charge on any atom is 0.272 e. The third-order valence-corrected chi connectivity index (χ3v) is 8.31. The number of thioether (sulfide) groups is 1. The van der Waals surface area contributed by atoms with Crippen LogP contribution < -0.4 is 26.0 Å². The molecule has 0 aliphatic rings. The number of hydrogen-bond acceptors (Lipinski definition) is 6. The fourth-order valence-electron chi connectivity index (χ4n) is 4.70. The highest BCUT2D eigenvalue weighted by Gasteiger charge is 2.18. The summed E-state index contributed by atoms with van der Waals surface area (Å²) in [5.41, 5.74) is 3.92. The average molecular weight is 685 g/mol. The number of rotatable bonds is 13. The number of nitrogens with one attached hydrogen (secondary N) is 4. The van der Waals surface area contributed by atoms with Crippen molar-refractivity contribution in [3.63, 3.8) is 0 Å². The standard InChI is InChI=1S/C40H36N4O5S/c1-27(38(46)42-33-20-18-32(19-21-33)41-28(2)45)50-36-15-9-14-34(25-36)43-40(48)37(44-39(47)31-12-7-4-8-13-31)24-29-16-22-35(23-17-29)49-26-30-10-5-3-6-11-30/h3-25,27H,26H2,1-2H3,(H,41,45)(H,42,46)(H,43,48)(H,44,47)/b37-24-. The van der Waals surface area contributed by atoms with Crippen LogP contribution in [0.4, 0.5) is 17.1 Å². The molecule has 0 radical (unpaired) electrons. The Labute approximate surface area is 295 Å². The third-order valence-electron chi connectivity index (χ3n) is 7.22. The number of benzene rings is 5. The summed E-state index contributed by atoms with van der Waals surface area (Å²) in [7, 11) is 0. The molecule has 0 heterocycles. The lowest BCUT2D eigenvalue weighted by Gasteiger charge is -2.14. The summed E-state index contributed by atoms with van der Waals surface area (Å²) in [6.07, 6.45) is 1.60. The van der Waals surface area contributed by atoms with E-state index in [9.17, 15) is 19.2 Å². The Balaban J connectivity index is 1.25. The molecule has 0 bridgehead atoms. The van der Waals surface area contributed by atoms with E-state index in [1.165, 1.54) is 18.7 Å². The molecule has 0 saturated heterocycles. The van der Waals surface area contributed by atoms with Gasteiger partial charge in [-0.1, -0.05) is 66.7 Å². The fraction of sp³-hybridized carbons (Fsp3) is 0.100. The Bertz CT molecular complexity index is 1970. The van der Waals surface area contributed by atoms with E-state index in [0.717, 1.165) is 10.5 Å². The van der Waals surface area contributed by atoms with Crippen LogP contribution in [0.1, 0.15) is 35.3 Å². The van der Waals surface area contributed by atoms with E-state index in [-0.39, 0.29) is 17.5 Å². The molecule has 1 unspecified atom stereocenters. The van der Waals surface area contributed by atoms with Crippen molar-refractivity contribution in [3.05, 3.63) is 156 Å². The van der Waals surface area contributed by atoms with E-state index in [4.69, 9.17) is 4.74 Å². The van der Waals surface area contributed by atoms with Gasteiger partial charge in [-0.2, -0.15) is 0 Å². The van der Waals surface area contributed by atoms with Crippen molar-refractivity contribution in [3.8, 4) is 5.75 Å². The minimum Gasteiger partial charge on any atom is -0.489 e. The molecule has 0 aliphatic heterocycles. The minimum absolute atomic E-state index is 0.0483. The van der Waals surface area contributed by atoms with Crippen LogP contribution in [0.5, 0.6) is 5.75 Å². The molecular formula is C40H36N4O5S. The Morgan fingerprint density at radius 3 is 2.00 bits per heavy atom. The molecule has 0 fully saturated rings. The highest BCUT2D eigenvalue weighted by atomic mass is 32.2. The van der Waals surface area contributed by atoms with Crippen molar-refractivity contribution >= 4 is 58.5 Å². The van der Waals surface area contributed by atoms with Crippen LogP contribution in [0.2, 0.25) is 0 Å². The summed E-state index contributed by atoms with van der Waals surface area (Å²) in [6, 6.07) is 39.7. The number of carbonyl (C=O) groups is 4. The van der Waals surface area contributed by atoms with Gasteiger partial charge in [-0.05, 0) is 90.9 Å². The van der Waals surface area contributed by atoms with Crippen molar-refractivity contribution in [2.45, 2.75) is 30.6 Å². The Kier molecular flexibility index (Phi) is 12.2. The van der Waals surface area contributed by atoms with Gasteiger partial charge in [0.2, 0.25) is 11.8 Å². The predicted molar refractivity (Wildman–Crippen MR) is 199 cm³/mol.